The van der Waals surface area contributed by atoms with Crippen LogP contribution in [0.1, 0.15) is 5.56 Å². The Morgan fingerprint density at radius 1 is 1.64 bits per heavy atom. The third-order valence-corrected chi connectivity index (χ3v) is 1.56. The van der Waals surface area contributed by atoms with Gasteiger partial charge in [-0.3, -0.25) is 4.79 Å². The lowest BCUT2D eigenvalue weighted by Crippen LogP contribution is -2.13. The predicted octanol–water partition coefficient (Wildman–Crippen LogP) is 1.19. The lowest BCUT2D eigenvalue weighted by atomic mass is 10.2. The molecule has 0 radical (unpaired) electrons. The predicted molar refractivity (Wildman–Crippen MR) is 47.2 cm³/mol. The van der Waals surface area contributed by atoms with Gasteiger partial charge in [-0.25, -0.2) is 4.39 Å². The summed E-state index contributed by atoms with van der Waals surface area (Å²) in [5.41, 5.74) is 0.0173. The Bertz CT molecular complexity index is 398. The molecule has 0 bridgehead atoms. The summed E-state index contributed by atoms with van der Waals surface area (Å²) in [5, 5.41) is 19.4. The number of hydrogen-bond donors (Lipinski definition) is 2. The minimum Gasteiger partial charge on any atom is -0.480 e. The second-order valence-corrected chi connectivity index (χ2v) is 2.52. The van der Waals surface area contributed by atoms with Crippen molar-refractivity contribution in [1.82, 2.24) is 0 Å². The van der Waals surface area contributed by atoms with Crippen molar-refractivity contribution in [3.63, 3.8) is 0 Å². The van der Waals surface area contributed by atoms with Crippen molar-refractivity contribution in [2.75, 3.05) is 11.9 Å². The number of anilines is 1. The maximum atomic E-state index is 13.0. The summed E-state index contributed by atoms with van der Waals surface area (Å²) in [6.45, 7) is -0.349. The molecule has 2 N–H and O–H groups in total. The molecule has 14 heavy (non-hydrogen) atoms. The first-order valence-corrected chi connectivity index (χ1v) is 3.79. The van der Waals surface area contributed by atoms with Gasteiger partial charge in [0.25, 0.3) is 0 Å². The maximum Gasteiger partial charge on any atom is 0.322 e. The summed E-state index contributed by atoms with van der Waals surface area (Å²) in [5.74, 6) is -1.74. The fraction of sp³-hybridized carbons (Fsp3) is 0.111. The summed E-state index contributed by atoms with van der Waals surface area (Å²) in [6, 6.07) is 5.65. The van der Waals surface area contributed by atoms with E-state index >= 15 is 0 Å². The molecule has 0 saturated heterocycles. The van der Waals surface area contributed by atoms with Crippen LogP contribution in [0.4, 0.5) is 10.1 Å². The molecule has 72 valence electrons. The van der Waals surface area contributed by atoms with Crippen molar-refractivity contribution in [3.8, 4) is 6.07 Å². The average Bonchev–Trinajstić information content (AvgIpc) is 2.14. The highest BCUT2D eigenvalue weighted by Crippen LogP contribution is 2.17. The lowest BCUT2D eigenvalue weighted by molar-refractivity contribution is -0.134. The zero-order chi connectivity index (χ0) is 10.6. The van der Waals surface area contributed by atoms with E-state index in [-0.39, 0.29) is 17.8 Å². The smallest absolute Gasteiger partial charge is 0.322 e. The van der Waals surface area contributed by atoms with Crippen LogP contribution in [0.2, 0.25) is 0 Å². The number of benzene rings is 1. The fourth-order valence-electron chi connectivity index (χ4n) is 0.956. The topological polar surface area (TPSA) is 73.1 Å². The summed E-state index contributed by atoms with van der Waals surface area (Å²) < 4.78 is 13.0. The average molecular weight is 194 g/mol. The second-order valence-electron chi connectivity index (χ2n) is 2.52. The molecule has 0 aliphatic carbocycles. The highest BCUT2D eigenvalue weighted by Gasteiger charge is 2.07. The molecule has 1 aromatic rings. The van der Waals surface area contributed by atoms with Crippen LogP contribution in [0.15, 0.2) is 18.2 Å². The van der Waals surface area contributed by atoms with E-state index in [0.717, 1.165) is 6.07 Å². The number of halogens is 1. The van der Waals surface area contributed by atoms with Crippen LogP contribution in [-0.4, -0.2) is 17.6 Å². The van der Waals surface area contributed by atoms with Crippen LogP contribution in [0.5, 0.6) is 0 Å². The Hall–Kier alpha value is -2.09. The van der Waals surface area contributed by atoms with Crippen molar-refractivity contribution in [3.05, 3.63) is 29.6 Å². The number of nitrogens with one attached hydrogen (secondary N) is 1. The van der Waals surface area contributed by atoms with Gasteiger partial charge >= 0.3 is 5.97 Å². The van der Waals surface area contributed by atoms with Crippen LogP contribution in [0, 0.1) is 17.1 Å². The Balaban J connectivity index is 2.92. The van der Waals surface area contributed by atoms with Crippen LogP contribution in [0.3, 0.4) is 0 Å². The van der Waals surface area contributed by atoms with Gasteiger partial charge < -0.3 is 10.4 Å². The maximum absolute atomic E-state index is 13.0. The molecule has 0 aromatic heterocycles. The molecule has 4 nitrogen and oxygen atoms in total. The van der Waals surface area contributed by atoms with Crippen molar-refractivity contribution in [2.45, 2.75) is 0 Å². The van der Waals surface area contributed by atoms with Gasteiger partial charge in [-0.2, -0.15) is 5.26 Å². The molecule has 0 fully saturated rings. The van der Waals surface area contributed by atoms with Gasteiger partial charge in [0.05, 0.1) is 5.69 Å². The molecule has 0 aliphatic rings. The first kappa shape index (κ1) is 9.99. The normalized spacial score (nSPS) is 9.14. The van der Waals surface area contributed by atoms with Gasteiger partial charge in [0.15, 0.2) is 0 Å². The van der Waals surface area contributed by atoms with Gasteiger partial charge in [0.2, 0.25) is 0 Å². The summed E-state index contributed by atoms with van der Waals surface area (Å²) in [7, 11) is 0. The molecule has 0 amide bonds. The van der Waals surface area contributed by atoms with E-state index in [2.05, 4.69) is 5.32 Å². The minimum atomic E-state index is -1.07. The molecule has 0 spiro atoms. The van der Waals surface area contributed by atoms with Crippen molar-refractivity contribution in [2.24, 2.45) is 0 Å². The Kier molecular flexibility index (Phi) is 3.02. The zero-order valence-corrected chi connectivity index (χ0v) is 7.12. The lowest BCUT2D eigenvalue weighted by Gasteiger charge is -2.05. The van der Waals surface area contributed by atoms with E-state index in [4.69, 9.17) is 10.4 Å². The highest BCUT2D eigenvalue weighted by atomic mass is 19.1. The van der Waals surface area contributed by atoms with Gasteiger partial charge in [-0.1, -0.05) is 6.07 Å². The molecular weight excluding hydrogens is 187 g/mol. The largest absolute Gasteiger partial charge is 0.480 e. The number of carboxylic acid groups (broad SMARTS) is 1. The monoisotopic (exact) mass is 194 g/mol. The number of nitrogens with zero attached hydrogens (tertiary/aromatic N) is 1. The van der Waals surface area contributed by atoms with E-state index in [9.17, 15) is 9.18 Å². The second kappa shape index (κ2) is 4.23. The third kappa shape index (κ3) is 2.20. The SMILES string of the molecule is N#Cc1c(F)cccc1NCC(=O)O. The van der Waals surface area contributed by atoms with Crippen LogP contribution >= 0.6 is 0 Å². The van der Waals surface area contributed by atoms with Crippen molar-refractivity contribution in [1.29, 1.82) is 5.26 Å². The van der Waals surface area contributed by atoms with Gasteiger partial charge in [0, 0.05) is 0 Å². The quantitative estimate of drug-likeness (QED) is 0.758. The molecule has 0 unspecified atom stereocenters. The molecule has 5 heteroatoms. The van der Waals surface area contributed by atoms with Gasteiger partial charge in [-0.15, -0.1) is 0 Å². The molecule has 1 rings (SSSR count). The minimum absolute atomic E-state index is 0.172. The molecule has 0 aliphatic heterocycles. The Morgan fingerprint density at radius 2 is 2.36 bits per heavy atom. The summed E-state index contributed by atoms with van der Waals surface area (Å²) in [6.07, 6.45) is 0. The van der Waals surface area contributed by atoms with E-state index in [0.29, 0.717) is 0 Å². The van der Waals surface area contributed by atoms with Crippen molar-refractivity contribution >= 4 is 11.7 Å². The molecule has 1 aromatic carbocycles. The number of nitriles is 1. The number of carboxylic acids is 1. The third-order valence-electron chi connectivity index (χ3n) is 1.56. The van der Waals surface area contributed by atoms with Crippen LogP contribution in [0.25, 0.3) is 0 Å². The summed E-state index contributed by atoms with van der Waals surface area (Å²) in [4.78, 5) is 10.2. The van der Waals surface area contributed by atoms with Crippen LogP contribution < -0.4 is 5.32 Å². The zero-order valence-electron chi connectivity index (χ0n) is 7.12. The first-order valence-electron chi connectivity index (χ1n) is 3.79. The number of carbonyl (C=O) groups is 1. The Labute approximate surface area is 79.6 Å². The summed E-state index contributed by atoms with van der Waals surface area (Å²) >= 11 is 0. The molecule has 0 atom stereocenters. The van der Waals surface area contributed by atoms with E-state index in [1.807, 2.05) is 0 Å². The molecular formula is C9H7FN2O2. The van der Waals surface area contributed by atoms with Crippen molar-refractivity contribution < 1.29 is 14.3 Å². The number of aliphatic carboxylic acids is 1. The Morgan fingerprint density at radius 3 is 2.93 bits per heavy atom. The first-order chi connectivity index (χ1) is 6.65. The van der Waals surface area contributed by atoms with Gasteiger partial charge in [0.1, 0.15) is 24.0 Å². The fourth-order valence-corrected chi connectivity index (χ4v) is 0.956. The van der Waals surface area contributed by atoms with E-state index < -0.39 is 11.8 Å². The highest BCUT2D eigenvalue weighted by molar-refractivity contribution is 5.74. The standard InChI is InChI=1S/C9H7FN2O2/c10-7-2-1-3-8(6(7)4-11)12-5-9(13)14/h1-3,12H,5H2,(H,13,14). The molecule has 0 saturated carbocycles. The van der Waals surface area contributed by atoms with E-state index in [1.54, 1.807) is 6.07 Å². The van der Waals surface area contributed by atoms with E-state index in [1.165, 1.54) is 12.1 Å². The number of rotatable bonds is 3. The number of hydrogen-bond acceptors (Lipinski definition) is 3. The molecule has 0 heterocycles. The van der Waals surface area contributed by atoms with Gasteiger partial charge in [-0.05, 0) is 12.1 Å². The van der Waals surface area contributed by atoms with Crippen LogP contribution in [-0.2, 0) is 4.79 Å².